The summed E-state index contributed by atoms with van der Waals surface area (Å²) in [5.74, 6) is 0. The third kappa shape index (κ3) is 2.44. The van der Waals surface area contributed by atoms with Crippen molar-refractivity contribution in [3.8, 4) is 0 Å². The van der Waals surface area contributed by atoms with Gasteiger partial charge in [0.25, 0.3) is 0 Å². The SMILES string of the molecule is COCC1(CCN)CCNCC1. The number of nitrogens with one attached hydrogen (secondary N) is 1. The van der Waals surface area contributed by atoms with Gasteiger partial charge in [0, 0.05) is 7.11 Å². The first kappa shape index (κ1) is 9.96. The van der Waals surface area contributed by atoms with Crippen molar-refractivity contribution in [1.82, 2.24) is 5.32 Å². The van der Waals surface area contributed by atoms with Crippen molar-refractivity contribution in [3.05, 3.63) is 0 Å². The molecule has 1 rings (SSSR count). The standard InChI is InChI=1S/C9H20N2O/c1-12-8-9(2-5-10)3-6-11-7-4-9/h11H,2-8,10H2,1H3. The minimum Gasteiger partial charge on any atom is -0.384 e. The lowest BCUT2D eigenvalue weighted by atomic mass is 9.77. The van der Waals surface area contributed by atoms with Gasteiger partial charge in [-0.05, 0) is 44.3 Å². The van der Waals surface area contributed by atoms with E-state index in [9.17, 15) is 0 Å². The molecule has 1 heterocycles. The monoisotopic (exact) mass is 172 g/mol. The summed E-state index contributed by atoms with van der Waals surface area (Å²) >= 11 is 0. The Morgan fingerprint density at radius 3 is 2.58 bits per heavy atom. The van der Waals surface area contributed by atoms with E-state index in [0.717, 1.165) is 32.7 Å². The zero-order valence-corrected chi connectivity index (χ0v) is 7.94. The first-order valence-corrected chi connectivity index (χ1v) is 4.73. The molecule has 0 atom stereocenters. The highest BCUT2D eigenvalue weighted by Crippen LogP contribution is 2.32. The van der Waals surface area contributed by atoms with Gasteiger partial charge in [-0.1, -0.05) is 0 Å². The fourth-order valence-corrected chi connectivity index (χ4v) is 2.04. The number of piperidine rings is 1. The van der Waals surface area contributed by atoms with Gasteiger partial charge in [-0.3, -0.25) is 0 Å². The zero-order chi connectivity index (χ0) is 8.86. The first-order chi connectivity index (χ1) is 5.83. The van der Waals surface area contributed by atoms with Gasteiger partial charge in [-0.15, -0.1) is 0 Å². The van der Waals surface area contributed by atoms with E-state index in [1.54, 1.807) is 7.11 Å². The fraction of sp³-hybridized carbons (Fsp3) is 1.00. The van der Waals surface area contributed by atoms with Crippen LogP contribution in [0, 0.1) is 5.41 Å². The Labute approximate surface area is 74.7 Å². The van der Waals surface area contributed by atoms with Crippen molar-refractivity contribution in [2.45, 2.75) is 19.3 Å². The van der Waals surface area contributed by atoms with Gasteiger partial charge in [0.05, 0.1) is 6.61 Å². The van der Waals surface area contributed by atoms with Gasteiger partial charge in [-0.2, -0.15) is 0 Å². The van der Waals surface area contributed by atoms with E-state index in [0.29, 0.717) is 5.41 Å². The van der Waals surface area contributed by atoms with Crippen LogP contribution in [-0.2, 0) is 4.74 Å². The third-order valence-electron chi connectivity index (χ3n) is 2.79. The van der Waals surface area contributed by atoms with Gasteiger partial charge < -0.3 is 15.8 Å². The fourth-order valence-electron chi connectivity index (χ4n) is 2.04. The predicted molar refractivity (Wildman–Crippen MR) is 50.1 cm³/mol. The quantitative estimate of drug-likeness (QED) is 0.643. The lowest BCUT2D eigenvalue weighted by molar-refractivity contribution is 0.0489. The van der Waals surface area contributed by atoms with Gasteiger partial charge >= 0.3 is 0 Å². The van der Waals surface area contributed by atoms with Crippen LogP contribution in [0.25, 0.3) is 0 Å². The van der Waals surface area contributed by atoms with Crippen LogP contribution in [0.1, 0.15) is 19.3 Å². The van der Waals surface area contributed by atoms with Crippen LogP contribution in [0.15, 0.2) is 0 Å². The van der Waals surface area contributed by atoms with Crippen LogP contribution < -0.4 is 11.1 Å². The number of hydrogen-bond donors (Lipinski definition) is 2. The number of rotatable bonds is 4. The minimum atomic E-state index is 0.370. The molecule has 0 amide bonds. The lowest BCUT2D eigenvalue weighted by Gasteiger charge is -2.36. The van der Waals surface area contributed by atoms with Crippen LogP contribution >= 0.6 is 0 Å². The molecule has 1 aliphatic heterocycles. The van der Waals surface area contributed by atoms with E-state index in [2.05, 4.69) is 5.32 Å². The van der Waals surface area contributed by atoms with Gasteiger partial charge in [0.15, 0.2) is 0 Å². The highest BCUT2D eigenvalue weighted by atomic mass is 16.5. The molecule has 3 N–H and O–H groups in total. The van der Waals surface area contributed by atoms with Crippen molar-refractivity contribution in [2.75, 3.05) is 33.4 Å². The van der Waals surface area contributed by atoms with Crippen molar-refractivity contribution in [1.29, 1.82) is 0 Å². The number of methoxy groups -OCH3 is 1. The van der Waals surface area contributed by atoms with Crippen LogP contribution in [0.4, 0.5) is 0 Å². The molecule has 0 aromatic rings. The second-order valence-electron chi connectivity index (χ2n) is 3.72. The molecule has 0 bridgehead atoms. The van der Waals surface area contributed by atoms with Crippen molar-refractivity contribution in [3.63, 3.8) is 0 Å². The summed E-state index contributed by atoms with van der Waals surface area (Å²) in [4.78, 5) is 0. The first-order valence-electron chi connectivity index (χ1n) is 4.73. The molecule has 1 fully saturated rings. The number of hydrogen-bond acceptors (Lipinski definition) is 3. The van der Waals surface area contributed by atoms with E-state index in [-0.39, 0.29) is 0 Å². The Kier molecular flexibility index (Phi) is 3.98. The number of nitrogens with two attached hydrogens (primary N) is 1. The number of ether oxygens (including phenoxy) is 1. The molecule has 0 unspecified atom stereocenters. The molecule has 3 nitrogen and oxygen atoms in total. The van der Waals surface area contributed by atoms with Crippen LogP contribution in [0.5, 0.6) is 0 Å². The zero-order valence-electron chi connectivity index (χ0n) is 7.94. The molecular formula is C9H20N2O. The van der Waals surface area contributed by atoms with Gasteiger partial charge in [0.1, 0.15) is 0 Å². The topological polar surface area (TPSA) is 47.3 Å². The maximum atomic E-state index is 5.60. The van der Waals surface area contributed by atoms with E-state index in [1.165, 1.54) is 12.8 Å². The summed E-state index contributed by atoms with van der Waals surface area (Å²) < 4.78 is 5.25. The second kappa shape index (κ2) is 4.80. The molecule has 1 aliphatic rings. The smallest absolute Gasteiger partial charge is 0.0520 e. The summed E-state index contributed by atoms with van der Waals surface area (Å²) in [6.45, 7) is 3.88. The molecule has 0 radical (unpaired) electrons. The Hall–Kier alpha value is -0.120. The Morgan fingerprint density at radius 1 is 1.42 bits per heavy atom. The molecule has 0 spiro atoms. The average Bonchev–Trinajstić information content (AvgIpc) is 2.07. The Balaban J connectivity index is 2.44. The molecule has 12 heavy (non-hydrogen) atoms. The maximum absolute atomic E-state index is 5.60. The average molecular weight is 172 g/mol. The van der Waals surface area contributed by atoms with Crippen LogP contribution in [-0.4, -0.2) is 33.4 Å². The molecular weight excluding hydrogens is 152 g/mol. The third-order valence-corrected chi connectivity index (χ3v) is 2.79. The van der Waals surface area contributed by atoms with Gasteiger partial charge in [-0.25, -0.2) is 0 Å². The lowest BCUT2D eigenvalue weighted by Crippen LogP contribution is -2.40. The largest absolute Gasteiger partial charge is 0.384 e. The summed E-state index contributed by atoms with van der Waals surface area (Å²) in [6.07, 6.45) is 3.51. The highest BCUT2D eigenvalue weighted by Gasteiger charge is 2.30. The molecule has 3 heteroatoms. The predicted octanol–water partition coefficient (Wildman–Crippen LogP) is 0.351. The van der Waals surface area contributed by atoms with E-state index in [1.807, 2.05) is 0 Å². The maximum Gasteiger partial charge on any atom is 0.0520 e. The van der Waals surface area contributed by atoms with Gasteiger partial charge in [0.2, 0.25) is 0 Å². The van der Waals surface area contributed by atoms with Crippen molar-refractivity contribution in [2.24, 2.45) is 11.1 Å². The molecule has 0 saturated carbocycles. The van der Waals surface area contributed by atoms with Crippen LogP contribution in [0.3, 0.4) is 0 Å². The minimum absolute atomic E-state index is 0.370. The molecule has 0 aliphatic carbocycles. The summed E-state index contributed by atoms with van der Waals surface area (Å²) in [5, 5.41) is 3.36. The van der Waals surface area contributed by atoms with E-state index < -0.39 is 0 Å². The molecule has 0 aromatic heterocycles. The van der Waals surface area contributed by atoms with E-state index >= 15 is 0 Å². The summed E-state index contributed by atoms with van der Waals surface area (Å²) in [6, 6.07) is 0. The Morgan fingerprint density at radius 2 is 2.08 bits per heavy atom. The summed E-state index contributed by atoms with van der Waals surface area (Å²) in [5.41, 5.74) is 5.97. The highest BCUT2D eigenvalue weighted by molar-refractivity contribution is 4.84. The second-order valence-corrected chi connectivity index (χ2v) is 3.72. The van der Waals surface area contributed by atoms with Crippen molar-refractivity contribution >= 4 is 0 Å². The molecule has 0 aromatic carbocycles. The molecule has 1 saturated heterocycles. The molecule has 72 valence electrons. The Bertz CT molecular complexity index is 106. The van der Waals surface area contributed by atoms with Crippen LogP contribution in [0.2, 0.25) is 0 Å². The summed E-state index contributed by atoms with van der Waals surface area (Å²) in [7, 11) is 1.78. The normalized spacial score (nSPS) is 22.5. The van der Waals surface area contributed by atoms with E-state index in [4.69, 9.17) is 10.5 Å². The van der Waals surface area contributed by atoms with Crippen molar-refractivity contribution < 1.29 is 4.74 Å².